The second-order valence-electron chi connectivity index (χ2n) is 1.26. The zero-order chi connectivity index (χ0) is 5.86. The summed E-state index contributed by atoms with van der Waals surface area (Å²) in [4.78, 5) is 9.83. The SMILES string of the molecule is C=C(CC)C(=O)O.[MgH2]. The summed E-state index contributed by atoms with van der Waals surface area (Å²) in [6.07, 6.45) is 0.523. The van der Waals surface area contributed by atoms with Gasteiger partial charge < -0.3 is 5.11 Å². The number of carboxylic acids is 1. The molecule has 0 bridgehead atoms. The summed E-state index contributed by atoms with van der Waals surface area (Å²) in [6.45, 7) is 5.03. The number of hydrogen-bond acceptors (Lipinski definition) is 1. The van der Waals surface area contributed by atoms with Crippen LogP contribution in [0, 0.1) is 0 Å². The van der Waals surface area contributed by atoms with Gasteiger partial charge in [-0.25, -0.2) is 4.79 Å². The first-order chi connectivity index (χ1) is 3.18. The van der Waals surface area contributed by atoms with E-state index in [1.165, 1.54) is 0 Å². The third-order valence-electron chi connectivity index (χ3n) is 0.729. The van der Waals surface area contributed by atoms with Crippen LogP contribution in [-0.2, 0) is 4.79 Å². The lowest BCUT2D eigenvalue weighted by atomic mass is 10.2. The molecular formula is C5H10MgO2. The summed E-state index contributed by atoms with van der Waals surface area (Å²) in [5, 5.41) is 8.08. The smallest absolute Gasteiger partial charge is 0.330 e. The van der Waals surface area contributed by atoms with Crippen molar-refractivity contribution in [1.82, 2.24) is 0 Å². The first kappa shape index (κ1) is 10.9. The molecule has 0 rings (SSSR count). The van der Waals surface area contributed by atoms with Gasteiger partial charge in [0.15, 0.2) is 0 Å². The van der Waals surface area contributed by atoms with Crippen LogP contribution in [0.2, 0.25) is 0 Å². The number of aliphatic carboxylic acids is 1. The van der Waals surface area contributed by atoms with Crippen molar-refractivity contribution in [2.24, 2.45) is 0 Å². The van der Waals surface area contributed by atoms with Gasteiger partial charge >= 0.3 is 29.0 Å². The molecule has 0 heterocycles. The van der Waals surface area contributed by atoms with Crippen molar-refractivity contribution in [2.45, 2.75) is 13.3 Å². The maximum Gasteiger partial charge on any atom is 0.330 e. The molecular weight excluding hydrogens is 116 g/mol. The molecule has 0 aromatic carbocycles. The molecule has 3 heteroatoms. The van der Waals surface area contributed by atoms with E-state index in [-0.39, 0.29) is 28.6 Å². The van der Waals surface area contributed by atoms with Gasteiger partial charge in [0.2, 0.25) is 0 Å². The van der Waals surface area contributed by atoms with E-state index in [4.69, 9.17) is 5.11 Å². The van der Waals surface area contributed by atoms with E-state index in [2.05, 4.69) is 6.58 Å². The van der Waals surface area contributed by atoms with Crippen molar-refractivity contribution in [2.75, 3.05) is 0 Å². The van der Waals surface area contributed by atoms with Crippen molar-refractivity contribution < 1.29 is 9.90 Å². The second kappa shape index (κ2) is 5.12. The van der Waals surface area contributed by atoms with Crippen LogP contribution < -0.4 is 0 Å². The van der Waals surface area contributed by atoms with E-state index in [0.29, 0.717) is 6.42 Å². The molecule has 0 radical (unpaired) electrons. The lowest BCUT2D eigenvalue weighted by Gasteiger charge is -1.87. The Balaban J connectivity index is 0. The monoisotopic (exact) mass is 126 g/mol. The van der Waals surface area contributed by atoms with Crippen molar-refractivity contribution >= 4 is 29.0 Å². The van der Waals surface area contributed by atoms with Crippen molar-refractivity contribution in [3.05, 3.63) is 12.2 Å². The molecule has 0 saturated heterocycles. The number of rotatable bonds is 2. The lowest BCUT2D eigenvalue weighted by molar-refractivity contribution is -0.132. The van der Waals surface area contributed by atoms with Gasteiger partial charge in [0.25, 0.3) is 0 Å². The number of carboxylic acid groups (broad SMARTS) is 1. The Kier molecular flexibility index (Phi) is 6.96. The van der Waals surface area contributed by atoms with Crippen LogP contribution in [0.25, 0.3) is 0 Å². The largest absolute Gasteiger partial charge is 0.478 e. The van der Waals surface area contributed by atoms with Gasteiger partial charge in [0.1, 0.15) is 0 Å². The van der Waals surface area contributed by atoms with Gasteiger partial charge in [-0.05, 0) is 6.42 Å². The summed E-state index contributed by atoms with van der Waals surface area (Å²) < 4.78 is 0. The van der Waals surface area contributed by atoms with Crippen LogP contribution in [0.4, 0.5) is 0 Å². The quantitative estimate of drug-likeness (QED) is 0.422. The third-order valence-corrected chi connectivity index (χ3v) is 0.729. The highest BCUT2D eigenvalue weighted by molar-refractivity contribution is 5.85. The predicted molar refractivity (Wildman–Crippen MR) is 35.6 cm³/mol. The van der Waals surface area contributed by atoms with Crippen LogP contribution in [0.15, 0.2) is 12.2 Å². The van der Waals surface area contributed by atoms with Crippen LogP contribution in [-0.4, -0.2) is 34.1 Å². The number of carbonyl (C=O) groups is 1. The summed E-state index contributed by atoms with van der Waals surface area (Å²) in [5.74, 6) is -0.900. The van der Waals surface area contributed by atoms with E-state index in [9.17, 15) is 4.79 Å². The van der Waals surface area contributed by atoms with Crippen LogP contribution in [0.5, 0.6) is 0 Å². The molecule has 0 fully saturated rings. The molecule has 0 aliphatic carbocycles. The molecule has 8 heavy (non-hydrogen) atoms. The highest BCUT2D eigenvalue weighted by atomic mass is 24.3. The standard InChI is InChI=1S/C5H8O2.Mg.2H/c1-3-4(2)5(6)7;;;/h2-3H2,1H3,(H,6,7);;;. The molecule has 2 nitrogen and oxygen atoms in total. The van der Waals surface area contributed by atoms with Gasteiger partial charge in [-0.1, -0.05) is 13.5 Å². The fraction of sp³-hybridized carbons (Fsp3) is 0.400. The zero-order valence-corrected chi connectivity index (χ0v) is 4.27. The molecule has 44 valence electrons. The Morgan fingerprint density at radius 2 is 2.12 bits per heavy atom. The molecule has 1 N–H and O–H groups in total. The van der Waals surface area contributed by atoms with E-state index < -0.39 is 5.97 Å². The van der Waals surface area contributed by atoms with Gasteiger partial charge in [0, 0.05) is 5.57 Å². The average Bonchev–Trinajstić information content (AvgIpc) is 1.65. The third kappa shape index (κ3) is 4.14. The highest BCUT2D eigenvalue weighted by Gasteiger charge is 1.96. The Hall–Kier alpha value is -0.0238. The molecule has 0 atom stereocenters. The molecule has 0 spiro atoms. The highest BCUT2D eigenvalue weighted by Crippen LogP contribution is 1.93. The maximum absolute atomic E-state index is 9.83. The molecule has 0 saturated carbocycles. The number of hydrogen-bond donors (Lipinski definition) is 1. The fourth-order valence-corrected chi connectivity index (χ4v) is 0.151. The summed E-state index contributed by atoms with van der Waals surface area (Å²) in [5.41, 5.74) is 0.264. The maximum atomic E-state index is 9.83. The minimum Gasteiger partial charge on any atom is -0.478 e. The Morgan fingerprint density at radius 3 is 2.12 bits per heavy atom. The summed E-state index contributed by atoms with van der Waals surface area (Å²) in [6, 6.07) is 0. The summed E-state index contributed by atoms with van der Waals surface area (Å²) >= 11 is 0. The first-order valence-electron chi connectivity index (χ1n) is 2.09. The lowest BCUT2D eigenvalue weighted by Crippen LogP contribution is -1.95. The second-order valence-corrected chi connectivity index (χ2v) is 1.26. The average molecular weight is 126 g/mol. The van der Waals surface area contributed by atoms with Gasteiger partial charge in [0.05, 0.1) is 0 Å². The fourth-order valence-electron chi connectivity index (χ4n) is 0.151. The van der Waals surface area contributed by atoms with E-state index >= 15 is 0 Å². The van der Waals surface area contributed by atoms with Crippen molar-refractivity contribution in [1.29, 1.82) is 0 Å². The van der Waals surface area contributed by atoms with Gasteiger partial charge in [-0.15, -0.1) is 0 Å². The molecule has 0 amide bonds. The van der Waals surface area contributed by atoms with Crippen LogP contribution >= 0.6 is 0 Å². The Bertz CT molecular complexity index is 98.6. The summed E-state index contributed by atoms with van der Waals surface area (Å²) in [7, 11) is 0. The van der Waals surface area contributed by atoms with Gasteiger partial charge in [-0.2, -0.15) is 0 Å². The molecule has 0 aliphatic heterocycles. The molecule has 0 aliphatic rings. The first-order valence-corrected chi connectivity index (χ1v) is 2.09. The minimum atomic E-state index is -0.900. The zero-order valence-electron chi connectivity index (χ0n) is 4.27. The van der Waals surface area contributed by atoms with Crippen LogP contribution in [0.3, 0.4) is 0 Å². The Labute approximate surface area is 64.7 Å². The molecule has 0 aromatic heterocycles. The minimum absolute atomic E-state index is 0. The van der Waals surface area contributed by atoms with Crippen LogP contribution in [0.1, 0.15) is 13.3 Å². The van der Waals surface area contributed by atoms with E-state index in [1.54, 1.807) is 6.92 Å². The van der Waals surface area contributed by atoms with Crippen molar-refractivity contribution in [3.63, 3.8) is 0 Å². The predicted octanol–water partition coefficient (Wildman–Crippen LogP) is 0.121. The normalized spacial score (nSPS) is 7.12. The topological polar surface area (TPSA) is 37.3 Å². The molecule has 0 aromatic rings. The van der Waals surface area contributed by atoms with E-state index in [0.717, 1.165) is 0 Å². The molecule has 0 unspecified atom stereocenters. The van der Waals surface area contributed by atoms with Gasteiger partial charge in [-0.3, -0.25) is 0 Å². The van der Waals surface area contributed by atoms with E-state index in [1.807, 2.05) is 0 Å². The van der Waals surface area contributed by atoms with Crippen molar-refractivity contribution in [3.8, 4) is 0 Å². The Morgan fingerprint density at radius 1 is 1.75 bits per heavy atom.